The lowest BCUT2D eigenvalue weighted by Gasteiger charge is -2.44. The standard InChI is InChI=1S/C17H26O5S2/c1-13(2)17(23-14-8-5-4-6-9-14)11-7-10-16(22-17)15(18)12-21-24(3,19)20/h4-6,8-9,13,15-16,18H,7,10-12H2,1-3H3/t15-,16-,17?/m0/s1. The first kappa shape index (κ1) is 19.7. The highest BCUT2D eigenvalue weighted by Gasteiger charge is 2.43. The monoisotopic (exact) mass is 374 g/mol. The molecule has 2 rings (SSSR count). The summed E-state index contributed by atoms with van der Waals surface area (Å²) in [6, 6.07) is 10.1. The van der Waals surface area contributed by atoms with E-state index in [0.29, 0.717) is 6.42 Å². The zero-order chi connectivity index (χ0) is 17.8. The van der Waals surface area contributed by atoms with E-state index in [9.17, 15) is 13.5 Å². The van der Waals surface area contributed by atoms with Gasteiger partial charge in [-0.25, -0.2) is 0 Å². The van der Waals surface area contributed by atoms with Crippen LogP contribution in [0.25, 0.3) is 0 Å². The van der Waals surface area contributed by atoms with Gasteiger partial charge in [-0.05, 0) is 37.3 Å². The van der Waals surface area contributed by atoms with Gasteiger partial charge in [-0.15, -0.1) is 0 Å². The van der Waals surface area contributed by atoms with Crippen LogP contribution in [0.1, 0.15) is 33.1 Å². The zero-order valence-electron chi connectivity index (χ0n) is 14.3. The Kier molecular flexibility index (Phi) is 6.73. The Morgan fingerprint density at radius 3 is 2.62 bits per heavy atom. The number of rotatable bonds is 7. The smallest absolute Gasteiger partial charge is 0.264 e. The lowest BCUT2D eigenvalue weighted by molar-refractivity contribution is -0.143. The highest BCUT2D eigenvalue weighted by molar-refractivity contribution is 8.00. The molecule has 0 aromatic heterocycles. The molecule has 1 aliphatic rings. The summed E-state index contributed by atoms with van der Waals surface area (Å²) in [6.07, 6.45) is 2.08. The molecule has 1 fully saturated rings. The Bertz CT molecular complexity index is 617. The van der Waals surface area contributed by atoms with Crippen LogP contribution in [0, 0.1) is 5.92 Å². The molecule has 1 aliphatic heterocycles. The fourth-order valence-corrected chi connectivity index (χ4v) is 4.53. The van der Waals surface area contributed by atoms with Gasteiger partial charge in [0.2, 0.25) is 0 Å². The van der Waals surface area contributed by atoms with Crippen molar-refractivity contribution in [3.8, 4) is 0 Å². The highest BCUT2D eigenvalue weighted by Crippen LogP contribution is 2.47. The van der Waals surface area contributed by atoms with Gasteiger partial charge in [0.15, 0.2) is 0 Å². The Morgan fingerprint density at radius 2 is 2.04 bits per heavy atom. The maximum Gasteiger partial charge on any atom is 0.264 e. The quantitative estimate of drug-likeness (QED) is 0.740. The third-order valence-electron chi connectivity index (χ3n) is 4.16. The van der Waals surface area contributed by atoms with E-state index in [1.165, 1.54) is 0 Å². The molecule has 1 unspecified atom stereocenters. The molecule has 24 heavy (non-hydrogen) atoms. The normalized spacial score (nSPS) is 26.5. The summed E-state index contributed by atoms with van der Waals surface area (Å²) in [5, 5.41) is 10.3. The lowest BCUT2D eigenvalue weighted by Crippen LogP contribution is -2.47. The summed E-state index contributed by atoms with van der Waals surface area (Å²) in [4.78, 5) is 0.685. The van der Waals surface area contributed by atoms with Gasteiger partial charge < -0.3 is 9.84 Å². The molecule has 0 saturated carbocycles. The molecule has 3 atom stereocenters. The van der Waals surface area contributed by atoms with Gasteiger partial charge >= 0.3 is 0 Å². The second kappa shape index (κ2) is 8.19. The molecule has 1 heterocycles. The van der Waals surface area contributed by atoms with Crippen LogP contribution in [0.4, 0.5) is 0 Å². The molecular formula is C17H26O5S2. The fraction of sp³-hybridized carbons (Fsp3) is 0.647. The minimum absolute atomic E-state index is 0.244. The van der Waals surface area contributed by atoms with Crippen molar-refractivity contribution >= 4 is 21.9 Å². The third kappa shape index (κ3) is 5.46. The largest absolute Gasteiger partial charge is 0.388 e. The minimum atomic E-state index is -3.57. The number of thioether (sulfide) groups is 1. The molecule has 1 aromatic carbocycles. The third-order valence-corrected chi connectivity index (χ3v) is 6.35. The van der Waals surface area contributed by atoms with E-state index < -0.39 is 27.3 Å². The Morgan fingerprint density at radius 1 is 1.38 bits per heavy atom. The highest BCUT2D eigenvalue weighted by atomic mass is 32.2. The number of aliphatic hydroxyl groups is 1. The van der Waals surface area contributed by atoms with Crippen molar-refractivity contribution in [1.29, 1.82) is 0 Å². The predicted molar refractivity (Wildman–Crippen MR) is 95.4 cm³/mol. The molecule has 0 bridgehead atoms. The summed E-state index contributed by atoms with van der Waals surface area (Å²) < 4.78 is 33.3. The maximum atomic E-state index is 11.1. The van der Waals surface area contributed by atoms with Gasteiger partial charge in [0.1, 0.15) is 11.0 Å². The van der Waals surface area contributed by atoms with E-state index in [1.807, 2.05) is 30.3 Å². The fourth-order valence-electron chi connectivity index (χ4n) is 2.80. The number of benzene rings is 1. The van der Waals surface area contributed by atoms with Crippen LogP contribution in [-0.2, 0) is 19.0 Å². The Balaban J connectivity index is 2.09. The van der Waals surface area contributed by atoms with Gasteiger partial charge in [-0.3, -0.25) is 4.18 Å². The summed E-state index contributed by atoms with van der Waals surface area (Å²) >= 11 is 1.67. The molecule has 0 radical (unpaired) electrons. The van der Waals surface area contributed by atoms with E-state index in [0.717, 1.165) is 24.0 Å². The number of hydrogen-bond acceptors (Lipinski definition) is 6. The van der Waals surface area contributed by atoms with Gasteiger partial charge in [0.25, 0.3) is 10.1 Å². The summed E-state index contributed by atoms with van der Waals surface area (Å²) in [5.74, 6) is 0.244. The number of ether oxygens (including phenoxy) is 1. The second-order valence-corrected chi connectivity index (χ2v) is 9.50. The SMILES string of the molecule is CC(C)C1(Sc2ccccc2)CCC[C@@H]([C@@H](O)COS(C)(=O)=O)O1. The molecule has 0 amide bonds. The van der Waals surface area contributed by atoms with Crippen LogP contribution in [0.3, 0.4) is 0 Å². The minimum Gasteiger partial charge on any atom is -0.388 e. The van der Waals surface area contributed by atoms with Gasteiger partial charge in [0.05, 0.1) is 19.0 Å². The lowest BCUT2D eigenvalue weighted by atomic mass is 9.94. The van der Waals surface area contributed by atoms with E-state index in [2.05, 4.69) is 13.8 Å². The van der Waals surface area contributed by atoms with Crippen LogP contribution < -0.4 is 0 Å². The number of aliphatic hydroxyl groups excluding tert-OH is 1. The van der Waals surface area contributed by atoms with Gasteiger partial charge in [-0.1, -0.05) is 43.8 Å². The summed E-state index contributed by atoms with van der Waals surface area (Å²) in [5.41, 5.74) is 0. The zero-order valence-corrected chi connectivity index (χ0v) is 16.0. The van der Waals surface area contributed by atoms with Crippen LogP contribution in [-0.4, -0.2) is 43.5 Å². The second-order valence-electron chi connectivity index (χ2n) is 6.49. The molecule has 136 valence electrons. The molecule has 1 N–H and O–H groups in total. The van der Waals surface area contributed by atoms with Crippen LogP contribution in [0.2, 0.25) is 0 Å². The predicted octanol–water partition coefficient (Wildman–Crippen LogP) is 3.04. The van der Waals surface area contributed by atoms with Crippen molar-refractivity contribution in [2.24, 2.45) is 5.92 Å². The van der Waals surface area contributed by atoms with Crippen molar-refractivity contribution in [3.05, 3.63) is 30.3 Å². The Hall–Kier alpha value is -0.600. The van der Waals surface area contributed by atoms with E-state index in [1.54, 1.807) is 11.8 Å². The average Bonchev–Trinajstić information content (AvgIpc) is 2.53. The van der Waals surface area contributed by atoms with Crippen molar-refractivity contribution in [2.45, 2.75) is 55.1 Å². The van der Waals surface area contributed by atoms with Crippen molar-refractivity contribution < 1.29 is 22.4 Å². The number of hydrogen-bond donors (Lipinski definition) is 1. The van der Waals surface area contributed by atoms with Crippen molar-refractivity contribution in [2.75, 3.05) is 12.9 Å². The van der Waals surface area contributed by atoms with Gasteiger partial charge in [0, 0.05) is 4.90 Å². The van der Waals surface area contributed by atoms with Crippen molar-refractivity contribution in [3.63, 3.8) is 0 Å². The van der Waals surface area contributed by atoms with Crippen molar-refractivity contribution in [1.82, 2.24) is 0 Å². The first-order valence-corrected chi connectivity index (χ1v) is 10.8. The van der Waals surface area contributed by atoms with Crippen LogP contribution in [0.5, 0.6) is 0 Å². The molecule has 1 aromatic rings. The molecular weight excluding hydrogens is 348 g/mol. The average molecular weight is 375 g/mol. The first-order chi connectivity index (χ1) is 11.2. The molecule has 1 saturated heterocycles. The van der Waals surface area contributed by atoms with Gasteiger partial charge in [-0.2, -0.15) is 8.42 Å². The van der Waals surface area contributed by atoms with Crippen LogP contribution >= 0.6 is 11.8 Å². The maximum absolute atomic E-state index is 11.1. The van der Waals surface area contributed by atoms with E-state index in [-0.39, 0.29) is 12.5 Å². The molecule has 0 spiro atoms. The van der Waals surface area contributed by atoms with Crippen LogP contribution in [0.15, 0.2) is 35.2 Å². The molecule has 0 aliphatic carbocycles. The summed E-state index contributed by atoms with van der Waals surface area (Å²) in [6.45, 7) is 3.95. The van der Waals surface area contributed by atoms with E-state index >= 15 is 0 Å². The Labute approximate surface area is 148 Å². The van der Waals surface area contributed by atoms with E-state index in [4.69, 9.17) is 8.92 Å². The topological polar surface area (TPSA) is 72.8 Å². The summed E-state index contributed by atoms with van der Waals surface area (Å²) in [7, 11) is -3.57. The first-order valence-electron chi connectivity index (χ1n) is 8.16. The molecule has 7 heteroatoms. The molecule has 5 nitrogen and oxygen atoms in total.